The molecule has 1 fully saturated rings. The topological polar surface area (TPSA) is 84.5 Å². The first kappa shape index (κ1) is 15.8. The molecule has 3 rings (SSSR count). The van der Waals surface area contributed by atoms with Crippen LogP contribution < -0.4 is 15.4 Å². The molecule has 3 N–H and O–H groups in total. The summed E-state index contributed by atoms with van der Waals surface area (Å²) in [6, 6.07) is 7.04. The van der Waals surface area contributed by atoms with Gasteiger partial charge in [0.15, 0.2) is 11.6 Å². The van der Waals surface area contributed by atoms with Crippen LogP contribution in [0, 0.1) is 0 Å². The molecule has 0 radical (unpaired) electrons. The third kappa shape index (κ3) is 3.48. The Morgan fingerprint density at radius 2 is 2.04 bits per heavy atom. The van der Waals surface area contributed by atoms with Crippen molar-refractivity contribution in [2.45, 2.75) is 31.4 Å². The predicted octanol–water partition coefficient (Wildman–Crippen LogP) is 2.85. The average Bonchev–Trinajstić information content (AvgIpc) is 2.96. The summed E-state index contributed by atoms with van der Waals surface area (Å²) in [5, 5.41) is 10.8. The van der Waals surface area contributed by atoms with Gasteiger partial charge in [-0.05, 0) is 43.5 Å². The molecular formula is C16H19ClN4O2. The van der Waals surface area contributed by atoms with Crippen LogP contribution in [-0.4, -0.2) is 34.3 Å². The Labute approximate surface area is 139 Å². The molecule has 0 spiro atoms. The molecule has 7 heteroatoms. The van der Waals surface area contributed by atoms with E-state index in [1.54, 1.807) is 30.5 Å². The molecule has 1 aliphatic rings. The standard InChI is InChI=1S/C16H19ClN4O2/c1-21(12-3-2-4-13(12)22)15-14(9-19-16(18)20-15)23-11-7-5-10(17)6-8-11/h5-9,12-13,22H,2-4H2,1H3,(H2,18,19,20). The van der Waals surface area contributed by atoms with Gasteiger partial charge in [-0.3, -0.25) is 0 Å². The lowest BCUT2D eigenvalue weighted by Crippen LogP contribution is -2.38. The molecule has 0 amide bonds. The van der Waals surface area contributed by atoms with Crippen molar-refractivity contribution in [3.63, 3.8) is 0 Å². The number of rotatable bonds is 4. The summed E-state index contributed by atoms with van der Waals surface area (Å²) in [5.41, 5.74) is 5.73. The fourth-order valence-corrected chi connectivity index (χ4v) is 2.98. The molecule has 2 unspecified atom stereocenters. The summed E-state index contributed by atoms with van der Waals surface area (Å²) in [7, 11) is 1.88. The van der Waals surface area contributed by atoms with Gasteiger partial charge in [0.05, 0.1) is 18.3 Å². The first-order valence-corrected chi connectivity index (χ1v) is 7.89. The van der Waals surface area contributed by atoms with Gasteiger partial charge in [0.25, 0.3) is 0 Å². The second-order valence-electron chi connectivity index (χ2n) is 5.65. The molecule has 1 heterocycles. The van der Waals surface area contributed by atoms with Crippen LogP contribution in [0.4, 0.5) is 11.8 Å². The number of aromatic nitrogens is 2. The fraction of sp³-hybridized carbons (Fsp3) is 0.375. The Bertz CT molecular complexity index is 680. The lowest BCUT2D eigenvalue weighted by molar-refractivity contribution is 0.162. The van der Waals surface area contributed by atoms with Crippen LogP contribution in [0.1, 0.15) is 19.3 Å². The van der Waals surface area contributed by atoms with E-state index in [0.29, 0.717) is 22.3 Å². The number of aliphatic hydroxyl groups excluding tert-OH is 1. The molecule has 2 aromatic rings. The number of anilines is 2. The van der Waals surface area contributed by atoms with Crippen molar-refractivity contribution in [2.24, 2.45) is 0 Å². The number of benzene rings is 1. The Morgan fingerprint density at radius 3 is 2.70 bits per heavy atom. The smallest absolute Gasteiger partial charge is 0.222 e. The van der Waals surface area contributed by atoms with E-state index in [4.69, 9.17) is 22.1 Å². The van der Waals surface area contributed by atoms with Crippen LogP contribution in [0.2, 0.25) is 5.02 Å². The van der Waals surface area contributed by atoms with Gasteiger partial charge in [-0.15, -0.1) is 0 Å². The van der Waals surface area contributed by atoms with Crippen LogP contribution in [-0.2, 0) is 0 Å². The lowest BCUT2D eigenvalue weighted by Gasteiger charge is -2.29. The number of nitrogens with two attached hydrogens (primary N) is 1. The van der Waals surface area contributed by atoms with Crippen molar-refractivity contribution in [1.29, 1.82) is 0 Å². The van der Waals surface area contributed by atoms with Gasteiger partial charge >= 0.3 is 0 Å². The Balaban J connectivity index is 1.89. The summed E-state index contributed by atoms with van der Waals surface area (Å²) in [4.78, 5) is 10.2. The molecular weight excluding hydrogens is 316 g/mol. The summed E-state index contributed by atoms with van der Waals surface area (Å²) < 4.78 is 5.87. The molecule has 1 aliphatic carbocycles. The molecule has 0 saturated heterocycles. The van der Waals surface area contributed by atoms with Crippen molar-refractivity contribution in [2.75, 3.05) is 17.7 Å². The molecule has 122 valence electrons. The van der Waals surface area contributed by atoms with Gasteiger partial charge in [0.2, 0.25) is 5.95 Å². The molecule has 0 aliphatic heterocycles. The van der Waals surface area contributed by atoms with Crippen molar-refractivity contribution in [3.05, 3.63) is 35.5 Å². The van der Waals surface area contributed by atoms with Gasteiger partial charge in [-0.25, -0.2) is 4.98 Å². The van der Waals surface area contributed by atoms with Crippen LogP contribution in [0.15, 0.2) is 30.5 Å². The van der Waals surface area contributed by atoms with Crippen molar-refractivity contribution in [1.82, 2.24) is 9.97 Å². The van der Waals surface area contributed by atoms with E-state index in [2.05, 4.69) is 9.97 Å². The highest BCUT2D eigenvalue weighted by atomic mass is 35.5. The minimum absolute atomic E-state index is 0.00290. The third-order valence-corrected chi connectivity index (χ3v) is 4.32. The SMILES string of the molecule is CN(c1nc(N)ncc1Oc1ccc(Cl)cc1)C1CCCC1O. The highest BCUT2D eigenvalue weighted by molar-refractivity contribution is 6.30. The van der Waals surface area contributed by atoms with Gasteiger partial charge in [0.1, 0.15) is 5.75 Å². The van der Waals surface area contributed by atoms with E-state index in [0.717, 1.165) is 19.3 Å². The van der Waals surface area contributed by atoms with E-state index >= 15 is 0 Å². The Morgan fingerprint density at radius 1 is 1.30 bits per heavy atom. The Hall–Kier alpha value is -2.05. The van der Waals surface area contributed by atoms with Gasteiger partial charge in [-0.2, -0.15) is 4.98 Å². The van der Waals surface area contributed by atoms with E-state index in [-0.39, 0.29) is 18.1 Å². The monoisotopic (exact) mass is 334 g/mol. The van der Waals surface area contributed by atoms with E-state index in [1.807, 2.05) is 11.9 Å². The van der Waals surface area contributed by atoms with Crippen LogP contribution >= 0.6 is 11.6 Å². The van der Waals surface area contributed by atoms with Crippen LogP contribution in [0.25, 0.3) is 0 Å². The van der Waals surface area contributed by atoms with E-state index < -0.39 is 0 Å². The molecule has 23 heavy (non-hydrogen) atoms. The summed E-state index contributed by atoms with van der Waals surface area (Å²) >= 11 is 5.89. The number of hydrogen-bond acceptors (Lipinski definition) is 6. The van der Waals surface area contributed by atoms with E-state index in [1.165, 1.54) is 0 Å². The Kier molecular flexibility index (Phi) is 4.54. The number of ether oxygens (including phenoxy) is 1. The van der Waals surface area contributed by atoms with Crippen molar-refractivity contribution >= 4 is 23.4 Å². The number of nitrogen functional groups attached to an aromatic ring is 1. The predicted molar refractivity (Wildman–Crippen MR) is 90.0 cm³/mol. The van der Waals surface area contributed by atoms with Gasteiger partial charge in [-0.1, -0.05) is 11.6 Å². The normalized spacial score (nSPS) is 20.5. The fourth-order valence-electron chi connectivity index (χ4n) is 2.86. The maximum Gasteiger partial charge on any atom is 0.222 e. The quantitative estimate of drug-likeness (QED) is 0.894. The largest absolute Gasteiger partial charge is 0.452 e. The number of nitrogens with zero attached hydrogens (tertiary/aromatic N) is 3. The maximum absolute atomic E-state index is 10.1. The molecule has 1 aromatic heterocycles. The highest BCUT2D eigenvalue weighted by Gasteiger charge is 2.31. The first-order valence-electron chi connectivity index (χ1n) is 7.51. The zero-order valence-electron chi connectivity index (χ0n) is 12.8. The van der Waals surface area contributed by atoms with Crippen molar-refractivity contribution in [3.8, 4) is 11.5 Å². The summed E-state index contributed by atoms with van der Waals surface area (Å²) in [6.07, 6.45) is 3.86. The zero-order valence-corrected chi connectivity index (χ0v) is 13.6. The molecule has 1 saturated carbocycles. The molecule has 6 nitrogen and oxygen atoms in total. The lowest BCUT2D eigenvalue weighted by atomic mass is 10.2. The zero-order chi connectivity index (χ0) is 16.4. The third-order valence-electron chi connectivity index (χ3n) is 4.07. The van der Waals surface area contributed by atoms with Crippen LogP contribution in [0.5, 0.6) is 11.5 Å². The summed E-state index contributed by atoms with van der Waals surface area (Å²) in [5.74, 6) is 1.86. The number of halogens is 1. The van der Waals surface area contributed by atoms with Crippen molar-refractivity contribution < 1.29 is 9.84 Å². The van der Waals surface area contributed by atoms with E-state index in [9.17, 15) is 5.11 Å². The first-order chi connectivity index (χ1) is 11.0. The second kappa shape index (κ2) is 6.60. The number of hydrogen-bond donors (Lipinski definition) is 2. The molecule has 0 bridgehead atoms. The van der Waals surface area contributed by atoms with Crippen LogP contribution in [0.3, 0.4) is 0 Å². The average molecular weight is 335 g/mol. The second-order valence-corrected chi connectivity index (χ2v) is 6.08. The van der Waals surface area contributed by atoms with Gasteiger partial charge < -0.3 is 20.5 Å². The minimum Gasteiger partial charge on any atom is -0.452 e. The molecule has 2 atom stereocenters. The minimum atomic E-state index is -0.375. The summed E-state index contributed by atoms with van der Waals surface area (Å²) in [6.45, 7) is 0. The number of aliphatic hydroxyl groups is 1. The maximum atomic E-state index is 10.1. The highest BCUT2D eigenvalue weighted by Crippen LogP contribution is 2.34. The molecule has 1 aromatic carbocycles. The van der Waals surface area contributed by atoms with Gasteiger partial charge in [0, 0.05) is 12.1 Å². The number of likely N-dealkylation sites (N-methyl/N-ethyl adjacent to an activating group) is 1.